The molecule has 0 saturated heterocycles. The summed E-state index contributed by atoms with van der Waals surface area (Å²) >= 11 is 0. The molecule has 0 spiro atoms. The second-order valence-electron chi connectivity index (χ2n) is 4.10. The van der Waals surface area contributed by atoms with Gasteiger partial charge >= 0.3 is 0 Å². The van der Waals surface area contributed by atoms with Crippen molar-refractivity contribution in [2.75, 3.05) is 11.1 Å². The topological polar surface area (TPSA) is 60.1 Å². The molecule has 2 rings (SSSR count). The molecular formula is C13H14FN3O. The molecule has 0 fully saturated rings. The number of hydrogen-bond donors (Lipinski definition) is 2. The van der Waals surface area contributed by atoms with Crippen LogP contribution in [0.5, 0.6) is 0 Å². The first-order valence-corrected chi connectivity index (χ1v) is 5.47. The number of nitrogen functional groups attached to an aromatic ring is 1. The van der Waals surface area contributed by atoms with Crippen LogP contribution in [-0.2, 0) is 7.05 Å². The summed E-state index contributed by atoms with van der Waals surface area (Å²) in [6, 6.07) is 7.41. The average molecular weight is 247 g/mol. The second-order valence-corrected chi connectivity index (χ2v) is 4.10. The normalized spacial score (nSPS) is 10.4. The SMILES string of the molecule is Cc1ccc(C(=O)Nc2cc(F)ccc2N)n1C. The lowest BCUT2D eigenvalue weighted by atomic mass is 10.2. The molecule has 0 aliphatic rings. The summed E-state index contributed by atoms with van der Waals surface area (Å²) in [5, 5.41) is 2.60. The van der Waals surface area contributed by atoms with Crippen molar-refractivity contribution in [1.82, 2.24) is 4.57 Å². The zero-order valence-corrected chi connectivity index (χ0v) is 10.2. The third kappa shape index (κ3) is 2.20. The fourth-order valence-electron chi connectivity index (χ4n) is 1.66. The molecule has 0 unspecified atom stereocenters. The monoisotopic (exact) mass is 247 g/mol. The molecule has 1 amide bonds. The number of aromatic nitrogens is 1. The molecule has 0 aliphatic heterocycles. The largest absolute Gasteiger partial charge is 0.397 e. The average Bonchev–Trinajstić information content (AvgIpc) is 2.65. The molecule has 0 saturated carbocycles. The molecule has 1 aromatic carbocycles. The van der Waals surface area contributed by atoms with Crippen molar-refractivity contribution < 1.29 is 9.18 Å². The van der Waals surface area contributed by atoms with Crippen LogP contribution in [0.1, 0.15) is 16.2 Å². The molecule has 5 heteroatoms. The Bertz CT molecular complexity index is 604. The van der Waals surface area contributed by atoms with E-state index >= 15 is 0 Å². The maximum Gasteiger partial charge on any atom is 0.272 e. The van der Waals surface area contributed by atoms with Gasteiger partial charge < -0.3 is 15.6 Å². The van der Waals surface area contributed by atoms with E-state index in [0.29, 0.717) is 11.4 Å². The Hall–Kier alpha value is -2.30. The minimum absolute atomic E-state index is 0.277. The van der Waals surface area contributed by atoms with Gasteiger partial charge in [0.25, 0.3) is 5.91 Å². The zero-order valence-electron chi connectivity index (χ0n) is 10.2. The molecule has 4 nitrogen and oxygen atoms in total. The lowest BCUT2D eigenvalue weighted by Gasteiger charge is -2.09. The highest BCUT2D eigenvalue weighted by Crippen LogP contribution is 2.20. The van der Waals surface area contributed by atoms with Crippen LogP contribution in [0.4, 0.5) is 15.8 Å². The Labute approximate surface area is 104 Å². The minimum Gasteiger partial charge on any atom is -0.397 e. The number of benzene rings is 1. The molecule has 0 aliphatic carbocycles. The third-order valence-corrected chi connectivity index (χ3v) is 2.87. The standard InChI is InChI=1S/C13H14FN3O/c1-8-3-6-12(17(8)2)13(18)16-11-7-9(14)4-5-10(11)15/h3-7H,15H2,1-2H3,(H,16,18). The van der Waals surface area contributed by atoms with Crippen LogP contribution in [-0.4, -0.2) is 10.5 Å². The van der Waals surface area contributed by atoms with E-state index in [-0.39, 0.29) is 11.6 Å². The van der Waals surface area contributed by atoms with Gasteiger partial charge in [0.1, 0.15) is 11.5 Å². The summed E-state index contributed by atoms with van der Waals surface area (Å²) in [6.45, 7) is 1.90. The second kappa shape index (κ2) is 4.52. The Morgan fingerprint density at radius 3 is 2.67 bits per heavy atom. The fourth-order valence-corrected chi connectivity index (χ4v) is 1.66. The lowest BCUT2D eigenvalue weighted by Crippen LogP contribution is -2.17. The van der Waals surface area contributed by atoms with Gasteiger partial charge in [-0.3, -0.25) is 4.79 Å². The molecule has 18 heavy (non-hydrogen) atoms. The third-order valence-electron chi connectivity index (χ3n) is 2.87. The van der Waals surface area contributed by atoms with Crippen LogP contribution in [0.3, 0.4) is 0 Å². The molecule has 3 N–H and O–H groups in total. The minimum atomic E-state index is -0.442. The highest BCUT2D eigenvalue weighted by Gasteiger charge is 2.12. The van der Waals surface area contributed by atoms with Crippen molar-refractivity contribution in [2.24, 2.45) is 7.05 Å². The molecule has 0 bridgehead atoms. The first-order chi connectivity index (χ1) is 8.49. The molecule has 94 valence electrons. The maximum absolute atomic E-state index is 13.1. The first-order valence-electron chi connectivity index (χ1n) is 5.47. The summed E-state index contributed by atoms with van der Waals surface area (Å²) in [6.07, 6.45) is 0. The summed E-state index contributed by atoms with van der Waals surface area (Å²) in [4.78, 5) is 12.0. The van der Waals surface area contributed by atoms with Crippen LogP contribution in [0.2, 0.25) is 0 Å². The number of carbonyl (C=O) groups excluding carboxylic acids is 1. The number of nitrogens with one attached hydrogen (secondary N) is 1. The highest BCUT2D eigenvalue weighted by atomic mass is 19.1. The fraction of sp³-hybridized carbons (Fsp3) is 0.154. The number of nitrogens with two attached hydrogens (primary N) is 1. The Kier molecular flexibility index (Phi) is 3.06. The van der Waals surface area contributed by atoms with Crippen LogP contribution >= 0.6 is 0 Å². The van der Waals surface area contributed by atoms with Gasteiger partial charge in [0.15, 0.2) is 0 Å². The van der Waals surface area contributed by atoms with Crippen LogP contribution in [0.25, 0.3) is 0 Å². The molecule has 1 aromatic heterocycles. The van der Waals surface area contributed by atoms with E-state index in [1.165, 1.54) is 18.2 Å². The van der Waals surface area contributed by atoms with Gasteiger partial charge in [0.2, 0.25) is 0 Å². The highest BCUT2D eigenvalue weighted by molar-refractivity contribution is 6.04. The maximum atomic E-state index is 13.1. The lowest BCUT2D eigenvalue weighted by molar-refractivity contribution is 0.101. The van der Waals surface area contributed by atoms with Crippen LogP contribution < -0.4 is 11.1 Å². The summed E-state index contributed by atoms with van der Waals surface area (Å²) < 4.78 is 14.8. The van der Waals surface area contributed by atoms with Crippen molar-refractivity contribution in [3.8, 4) is 0 Å². The number of aryl methyl sites for hydroxylation is 1. The molecule has 2 aromatic rings. The van der Waals surface area contributed by atoms with Crippen molar-refractivity contribution in [3.63, 3.8) is 0 Å². The van der Waals surface area contributed by atoms with E-state index in [2.05, 4.69) is 5.32 Å². The Balaban J connectivity index is 2.27. The smallest absolute Gasteiger partial charge is 0.272 e. The van der Waals surface area contributed by atoms with Crippen molar-refractivity contribution in [1.29, 1.82) is 0 Å². The molecule has 1 heterocycles. The summed E-state index contributed by atoms with van der Waals surface area (Å²) in [5.41, 5.74) is 7.74. The number of halogens is 1. The van der Waals surface area contributed by atoms with E-state index in [1.807, 2.05) is 13.0 Å². The first kappa shape index (κ1) is 12.2. The van der Waals surface area contributed by atoms with Gasteiger partial charge in [-0.25, -0.2) is 4.39 Å². The van der Waals surface area contributed by atoms with Gasteiger partial charge in [-0.05, 0) is 37.3 Å². The van der Waals surface area contributed by atoms with Crippen molar-refractivity contribution >= 4 is 17.3 Å². The van der Waals surface area contributed by atoms with Crippen molar-refractivity contribution in [2.45, 2.75) is 6.92 Å². The number of amides is 1. The Morgan fingerprint density at radius 1 is 1.33 bits per heavy atom. The predicted octanol–water partition coefficient (Wildman–Crippen LogP) is 2.31. The molecule has 0 atom stereocenters. The van der Waals surface area contributed by atoms with Gasteiger partial charge in [-0.15, -0.1) is 0 Å². The Morgan fingerprint density at radius 2 is 2.06 bits per heavy atom. The molecular weight excluding hydrogens is 233 g/mol. The van der Waals surface area contributed by atoms with Gasteiger partial charge in [-0.1, -0.05) is 0 Å². The van der Waals surface area contributed by atoms with Gasteiger partial charge in [0, 0.05) is 12.7 Å². The van der Waals surface area contributed by atoms with Crippen molar-refractivity contribution in [3.05, 3.63) is 47.5 Å². The quantitative estimate of drug-likeness (QED) is 0.800. The van der Waals surface area contributed by atoms with Gasteiger partial charge in [0.05, 0.1) is 11.4 Å². The van der Waals surface area contributed by atoms with E-state index < -0.39 is 5.82 Å². The number of rotatable bonds is 2. The van der Waals surface area contributed by atoms with E-state index in [1.54, 1.807) is 17.7 Å². The van der Waals surface area contributed by atoms with E-state index in [0.717, 1.165) is 5.69 Å². The van der Waals surface area contributed by atoms with E-state index in [4.69, 9.17) is 5.73 Å². The zero-order chi connectivity index (χ0) is 13.3. The number of nitrogens with zero attached hydrogens (tertiary/aromatic N) is 1. The number of anilines is 2. The van der Waals surface area contributed by atoms with Gasteiger partial charge in [-0.2, -0.15) is 0 Å². The van der Waals surface area contributed by atoms with E-state index in [9.17, 15) is 9.18 Å². The number of hydrogen-bond acceptors (Lipinski definition) is 2. The number of carbonyl (C=O) groups is 1. The summed E-state index contributed by atoms with van der Waals surface area (Å²) in [7, 11) is 1.79. The molecule has 0 radical (unpaired) electrons. The van der Waals surface area contributed by atoms with Crippen LogP contribution in [0.15, 0.2) is 30.3 Å². The van der Waals surface area contributed by atoms with Crippen LogP contribution in [0, 0.1) is 12.7 Å². The predicted molar refractivity (Wildman–Crippen MR) is 68.9 cm³/mol. The summed E-state index contributed by atoms with van der Waals surface area (Å²) in [5.74, 6) is -0.759.